The quantitative estimate of drug-likeness (QED) is 0.191. The van der Waals surface area contributed by atoms with Crippen molar-refractivity contribution in [3.63, 3.8) is 0 Å². The molecule has 224 valence electrons. The van der Waals surface area contributed by atoms with Crippen LogP contribution in [-0.4, -0.2) is 76.3 Å². The van der Waals surface area contributed by atoms with E-state index in [2.05, 4.69) is 35.2 Å². The number of fused-ring (bicyclic) bond motifs is 2. The SMILES string of the molecule is CN(C)CC(=O)Nc1cncc(-c2ccc3[nH]nc(-c4nc5c(-c6cc(F)cc(CNS(C)(=O)=O)c6)nccc5[nH]4)c3c2)c1. The first-order valence-electron chi connectivity index (χ1n) is 13.5. The smallest absolute Gasteiger partial charge is 0.238 e. The van der Waals surface area contributed by atoms with E-state index in [1.54, 1.807) is 35.6 Å². The van der Waals surface area contributed by atoms with Crippen LogP contribution in [0.3, 0.4) is 0 Å². The highest BCUT2D eigenvalue weighted by atomic mass is 32.2. The largest absolute Gasteiger partial charge is 0.336 e. The predicted molar refractivity (Wildman–Crippen MR) is 166 cm³/mol. The zero-order valence-electron chi connectivity index (χ0n) is 24.0. The molecule has 0 aliphatic heterocycles. The first-order valence-corrected chi connectivity index (χ1v) is 15.4. The van der Waals surface area contributed by atoms with E-state index >= 15 is 0 Å². The molecule has 0 spiro atoms. The summed E-state index contributed by atoms with van der Waals surface area (Å²) in [6, 6.07) is 13.7. The summed E-state index contributed by atoms with van der Waals surface area (Å²) >= 11 is 0. The summed E-state index contributed by atoms with van der Waals surface area (Å²) in [6.07, 6.45) is 5.96. The summed E-state index contributed by atoms with van der Waals surface area (Å²) < 4.78 is 40.1. The van der Waals surface area contributed by atoms with E-state index in [4.69, 9.17) is 4.98 Å². The molecule has 6 rings (SSSR count). The van der Waals surface area contributed by atoms with Crippen LogP contribution in [0.1, 0.15) is 5.56 Å². The fourth-order valence-corrected chi connectivity index (χ4v) is 5.32. The van der Waals surface area contributed by atoms with Crippen molar-refractivity contribution in [2.45, 2.75) is 6.54 Å². The number of anilines is 1. The molecule has 0 bridgehead atoms. The van der Waals surface area contributed by atoms with Gasteiger partial charge in [0.15, 0.2) is 5.82 Å². The third-order valence-corrected chi connectivity index (χ3v) is 7.44. The molecule has 0 unspecified atom stereocenters. The number of carbonyl (C=O) groups excluding carboxylic acids is 1. The van der Waals surface area contributed by atoms with Crippen LogP contribution in [0.25, 0.3) is 55.8 Å². The van der Waals surface area contributed by atoms with Crippen LogP contribution < -0.4 is 10.0 Å². The Morgan fingerprint density at radius 3 is 2.61 bits per heavy atom. The minimum absolute atomic E-state index is 0.0616. The van der Waals surface area contributed by atoms with Gasteiger partial charge in [0.05, 0.1) is 41.4 Å². The highest BCUT2D eigenvalue weighted by molar-refractivity contribution is 7.88. The third kappa shape index (κ3) is 6.32. The molecule has 0 saturated carbocycles. The van der Waals surface area contributed by atoms with E-state index in [1.165, 1.54) is 12.1 Å². The molecule has 0 aliphatic carbocycles. The van der Waals surface area contributed by atoms with Gasteiger partial charge < -0.3 is 15.2 Å². The number of aromatic nitrogens is 6. The number of likely N-dealkylation sites (N-methyl/N-ethyl adjacent to an activating group) is 1. The molecule has 0 atom stereocenters. The number of hydrogen-bond acceptors (Lipinski definition) is 8. The average molecular weight is 614 g/mol. The average Bonchev–Trinajstić information content (AvgIpc) is 3.59. The zero-order chi connectivity index (χ0) is 31.0. The van der Waals surface area contributed by atoms with E-state index in [0.717, 1.165) is 28.3 Å². The number of carbonyl (C=O) groups is 1. The number of halogens is 1. The number of nitrogens with one attached hydrogen (secondary N) is 4. The maximum atomic E-state index is 14.6. The number of aromatic amines is 2. The second-order valence-electron chi connectivity index (χ2n) is 10.7. The Morgan fingerprint density at radius 2 is 1.82 bits per heavy atom. The zero-order valence-corrected chi connectivity index (χ0v) is 24.8. The maximum absolute atomic E-state index is 14.6. The Balaban J connectivity index is 1.36. The molecule has 0 radical (unpaired) electrons. The Morgan fingerprint density at radius 1 is 0.977 bits per heavy atom. The van der Waals surface area contributed by atoms with Gasteiger partial charge in [0.2, 0.25) is 15.9 Å². The highest BCUT2D eigenvalue weighted by Gasteiger charge is 2.18. The fourth-order valence-electron chi connectivity index (χ4n) is 4.89. The molecule has 12 nitrogen and oxygen atoms in total. The van der Waals surface area contributed by atoms with Crippen LogP contribution in [0, 0.1) is 5.82 Å². The van der Waals surface area contributed by atoms with Crippen LogP contribution in [-0.2, 0) is 21.4 Å². The van der Waals surface area contributed by atoms with E-state index in [-0.39, 0.29) is 19.0 Å². The molecule has 1 amide bonds. The van der Waals surface area contributed by atoms with Crippen LogP contribution in [0.15, 0.2) is 67.1 Å². The van der Waals surface area contributed by atoms with Crippen LogP contribution >= 0.6 is 0 Å². The van der Waals surface area contributed by atoms with Crippen molar-refractivity contribution in [1.82, 2.24) is 39.8 Å². The van der Waals surface area contributed by atoms with Gasteiger partial charge in [-0.2, -0.15) is 5.10 Å². The molecule has 4 aromatic heterocycles. The van der Waals surface area contributed by atoms with E-state index in [1.807, 2.05) is 38.4 Å². The number of sulfonamides is 1. The van der Waals surface area contributed by atoms with E-state index in [0.29, 0.717) is 45.1 Å². The Labute approximate surface area is 251 Å². The lowest BCUT2D eigenvalue weighted by atomic mass is 10.0. The number of hydrogen-bond donors (Lipinski definition) is 4. The molecule has 4 heterocycles. The van der Waals surface area contributed by atoms with Crippen molar-refractivity contribution in [3.8, 4) is 33.9 Å². The van der Waals surface area contributed by atoms with Gasteiger partial charge >= 0.3 is 0 Å². The summed E-state index contributed by atoms with van der Waals surface area (Å²) in [4.78, 5) is 30.9. The summed E-state index contributed by atoms with van der Waals surface area (Å²) in [5.74, 6) is -0.180. The predicted octanol–water partition coefficient (Wildman–Crippen LogP) is 3.92. The van der Waals surface area contributed by atoms with Gasteiger partial charge in [-0.15, -0.1) is 0 Å². The highest BCUT2D eigenvalue weighted by Crippen LogP contribution is 2.33. The number of H-pyrrole nitrogens is 2. The monoisotopic (exact) mass is 613 g/mol. The lowest BCUT2D eigenvalue weighted by molar-refractivity contribution is -0.116. The fraction of sp³-hybridized carbons (Fsp3) is 0.167. The van der Waals surface area contributed by atoms with Gasteiger partial charge in [0, 0.05) is 35.5 Å². The van der Waals surface area contributed by atoms with Crippen LogP contribution in [0.4, 0.5) is 10.1 Å². The third-order valence-electron chi connectivity index (χ3n) is 6.77. The van der Waals surface area contributed by atoms with Gasteiger partial charge in [-0.05, 0) is 67.7 Å². The molecular weight excluding hydrogens is 585 g/mol. The minimum atomic E-state index is -3.46. The van der Waals surface area contributed by atoms with E-state index < -0.39 is 15.8 Å². The number of pyridine rings is 2. The van der Waals surface area contributed by atoms with Crippen molar-refractivity contribution >= 4 is 43.6 Å². The molecule has 14 heteroatoms. The van der Waals surface area contributed by atoms with Gasteiger partial charge in [-0.1, -0.05) is 6.07 Å². The topological polar surface area (TPSA) is 162 Å². The Kier molecular flexibility index (Phi) is 7.63. The molecule has 0 aliphatic rings. The van der Waals surface area contributed by atoms with Crippen molar-refractivity contribution in [3.05, 3.63) is 78.5 Å². The number of nitrogens with zero attached hydrogens (tertiary/aromatic N) is 5. The number of amides is 1. The molecule has 2 aromatic carbocycles. The van der Waals surface area contributed by atoms with Gasteiger partial charge in [0.1, 0.15) is 17.0 Å². The first kappa shape index (κ1) is 29.0. The lowest BCUT2D eigenvalue weighted by Crippen LogP contribution is -2.27. The molecule has 0 saturated heterocycles. The number of rotatable bonds is 9. The summed E-state index contributed by atoms with van der Waals surface area (Å²) in [7, 11) is 0.193. The second kappa shape index (κ2) is 11.6. The number of imidazole rings is 1. The summed E-state index contributed by atoms with van der Waals surface area (Å²) in [5, 5.41) is 11.2. The van der Waals surface area contributed by atoms with Crippen molar-refractivity contribution in [2.75, 3.05) is 32.2 Å². The molecule has 44 heavy (non-hydrogen) atoms. The van der Waals surface area contributed by atoms with Crippen molar-refractivity contribution in [1.29, 1.82) is 0 Å². The normalized spacial score (nSPS) is 11.9. The van der Waals surface area contributed by atoms with Gasteiger partial charge in [0.25, 0.3) is 0 Å². The Bertz CT molecular complexity index is 2140. The minimum Gasteiger partial charge on any atom is -0.336 e. The standard InChI is InChI=1S/C30H28FN9O3S/c1-40(2)16-26(41)35-22-11-20(14-32-15-22)18-4-5-24-23(12-18)28(39-38-24)30-36-25-6-7-33-27(29(25)37-30)19-8-17(9-21(31)10-19)13-34-44(3,42)43/h4-12,14-15,34H,13,16H2,1-3H3,(H,35,41)(H,36,37)(H,38,39). The van der Waals surface area contributed by atoms with E-state index in [9.17, 15) is 17.6 Å². The van der Waals surface area contributed by atoms with Crippen molar-refractivity contribution in [2.24, 2.45) is 0 Å². The van der Waals surface area contributed by atoms with Gasteiger partial charge in [-0.25, -0.2) is 22.5 Å². The maximum Gasteiger partial charge on any atom is 0.238 e. The van der Waals surface area contributed by atoms with Crippen molar-refractivity contribution < 1.29 is 17.6 Å². The first-order chi connectivity index (χ1) is 21.0. The second-order valence-corrected chi connectivity index (χ2v) is 12.5. The summed E-state index contributed by atoms with van der Waals surface area (Å²) in [5.41, 5.74) is 6.14. The lowest BCUT2D eigenvalue weighted by Gasteiger charge is -2.11. The van der Waals surface area contributed by atoms with Gasteiger partial charge in [-0.3, -0.25) is 19.9 Å². The van der Waals surface area contributed by atoms with Crippen LogP contribution in [0.5, 0.6) is 0 Å². The molecule has 6 aromatic rings. The Hall–Kier alpha value is -5.05. The molecular formula is C30H28FN9O3S. The van der Waals surface area contributed by atoms with Crippen LogP contribution in [0.2, 0.25) is 0 Å². The number of benzene rings is 2. The molecule has 4 N–H and O–H groups in total. The summed E-state index contributed by atoms with van der Waals surface area (Å²) in [6.45, 7) is 0.192. The molecule has 0 fully saturated rings.